The van der Waals surface area contributed by atoms with Gasteiger partial charge in [0, 0.05) is 13.1 Å². The number of carbonyl (C=O) groups excluding carboxylic acids is 1. The number of piperidine rings is 1. The Hall–Kier alpha value is -1.40. The van der Waals surface area contributed by atoms with Crippen LogP contribution in [0.15, 0.2) is 29.2 Å². The molecule has 1 aliphatic carbocycles. The van der Waals surface area contributed by atoms with Crippen LogP contribution in [-0.4, -0.2) is 38.9 Å². The zero-order valence-electron chi connectivity index (χ0n) is 12.2. The Morgan fingerprint density at radius 1 is 1.24 bits per heavy atom. The van der Waals surface area contributed by atoms with Crippen molar-refractivity contribution in [1.82, 2.24) is 4.31 Å². The largest absolute Gasteiger partial charge is 0.469 e. The molecule has 0 amide bonds. The normalized spacial score (nSPS) is 28.8. The van der Waals surface area contributed by atoms with E-state index in [1.54, 1.807) is 24.3 Å². The molecule has 2 aliphatic rings. The van der Waals surface area contributed by atoms with E-state index in [2.05, 4.69) is 0 Å². The van der Waals surface area contributed by atoms with Gasteiger partial charge in [-0.15, -0.1) is 0 Å². The highest BCUT2D eigenvalue weighted by Crippen LogP contribution is 2.52. The SMILES string of the molecule is COC(=O)C1C2CCN(S(=O)(=O)c3ccc(C)cc3)CC21. The van der Waals surface area contributed by atoms with Crippen LogP contribution < -0.4 is 0 Å². The van der Waals surface area contributed by atoms with Crippen LogP contribution in [0.1, 0.15) is 12.0 Å². The number of esters is 1. The summed E-state index contributed by atoms with van der Waals surface area (Å²) in [7, 11) is -2.08. The molecule has 6 heteroatoms. The van der Waals surface area contributed by atoms with E-state index >= 15 is 0 Å². The van der Waals surface area contributed by atoms with Crippen molar-refractivity contribution in [2.45, 2.75) is 18.2 Å². The van der Waals surface area contributed by atoms with E-state index in [-0.39, 0.29) is 17.8 Å². The second kappa shape index (κ2) is 5.10. The van der Waals surface area contributed by atoms with E-state index in [9.17, 15) is 13.2 Å². The van der Waals surface area contributed by atoms with Crippen molar-refractivity contribution in [3.05, 3.63) is 29.8 Å². The summed E-state index contributed by atoms with van der Waals surface area (Å²) < 4.78 is 31.5. The molecule has 21 heavy (non-hydrogen) atoms. The van der Waals surface area contributed by atoms with Gasteiger partial charge in [-0.3, -0.25) is 4.79 Å². The van der Waals surface area contributed by atoms with Crippen LogP contribution in [0.5, 0.6) is 0 Å². The molecule has 1 saturated heterocycles. The summed E-state index contributed by atoms with van der Waals surface area (Å²) in [5.41, 5.74) is 1.03. The number of sulfonamides is 1. The standard InChI is InChI=1S/C15H19NO4S/c1-10-3-5-11(6-4-10)21(18,19)16-8-7-12-13(9-16)14(12)15(17)20-2/h3-6,12-14H,7-9H2,1-2H3. The molecule has 0 radical (unpaired) electrons. The summed E-state index contributed by atoms with van der Waals surface area (Å²) in [5.74, 6) is 0.0844. The molecule has 1 aromatic rings. The number of methoxy groups -OCH3 is 1. The zero-order valence-corrected chi connectivity index (χ0v) is 13.0. The molecule has 114 valence electrons. The van der Waals surface area contributed by atoms with Crippen LogP contribution >= 0.6 is 0 Å². The fraction of sp³-hybridized carbons (Fsp3) is 0.533. The van der Waals surface area contributed by atoms with Crippen LogP contribution in [0, 0.1) is 24.7 Å². The smallest absolute Gasteiger partial charge is 0.309 e. The Kier molecular flexibility index (Phi) is 3.53. The molecule has 1 heterocycles. The Morgan fingerprint density at radius 3 is 2.52 bits per heavy atom. The Morgan fingerprint density at radius 2 is 1.90 bits per heavy atom. The molecule has 2 fully saturated rings. The van der Waals surface area contributed by atoms with Gasteiger partial charge in [-0.1, -0.05) is 17.7 Å². The van der Waals surface area contributed by atoms with Crippen molar-refractivity contribution in [2.24, 2.45) is 17.8 Å². The number of fused-ring (bicyclic) bond motifs is 1. The predicted octanol–water partition coefficient (Wildman–Crippen LogP) is 1.42. The molecule has 0 N–H and O–H groups in total. The van der Waals surface area contributed by atoms with E-state index in [4.69, 9.17) is 4.74 Å². The minimum absolute atomic E-state index is 0.117. The molecule has 0 aromatic heterocycles. The van der Waals surface area contributed by atoms with E-state index in [0.29, 0.717) is 23.9 Å². The van der Waals surface area contributed by atoms with Crippen LogP contribution in [0.4, 0.5) is 0 Å². The molecule has 5 nitrogen and oxygen atoms in total. The van der Waals surface area contributed by atoms with Crippen LogP contribution in [0.25, 0.3) is 0 Å². The van der Waals surface area contributed by atoms with Gasteiger partial charge in [-0.05, 0) is 37.3 Å². The highest BCUT2D eigenvalue weighted by atomic mass is 32.2. The maximum absolute atomic E-state index is 12.6. The number of hydrogen-bond acceptors (Lipinski definition) is 4. The van der Waals surface area contributed by atoms with Crippen molar-refractivity contribution < 1.29 is 17.9 Å². The van der Waals surface area contributed by atoms with Gasteiger partial charge >= 0.3 is 5.97 Å². The van der Waals surface area contributed by atoms with Gasteiger partial charge in [-0.25, -0.2) is 8.42 Å². The Balaban J connectivity index is 1.76. The number of ether oxygens (including phenoxy) is 1. The van der Waals surface area contributed by atoms with E-state index in [0.717, 1.165) is 12.0 Å². The second-order valence-electron chi connectivity index (χ2n) is 5.84. The van der Waals surface area contributed by atoms with Crippen LogP contribution in [0.3, 0.4) is 0 Å². The highest BCUT2D eigenvalue weighted by molar-refractivity contribution is 7.89. The molecular formula is C15H19NO4S. The van der Waals surface area contributed by atoms with Crippen molar-refractivity contribution in [3.8, 4) is 0 Å². The molecule has 1 aliphatic heterocycles. The van der Waals surface area contributed by atoms with Crippen molar-refractivity contribution in [1.29, 1.82) is 0 Å². The first-order valence-electron chi connectivity index (χ1n) is 7.10. The number of carbonyl (C=O) groups is 1. The minimum atomic E-state index is -3.46. The lowest BCUT2D eigenvalue weighted by molar-refractivity contribution is -0.142. The van der Waals surface area contributed by atoms with Crippen molar-refractivity contribution >= 4 is 16.0 Å². The zero-order chi connectivity index (χ0) is 15.2. The van der Waals surface area contributed by atoms with Crippen molar-refractivity contribution in [3.63, 3.8) is 0 Å². The van der Waals surface area contributed by atoms with E-state index < -0.39 is 10.0 Å². The summed E-state index contributed by atoms with van der Waals surface area (Å²) in [5, 5.41) is 0. The molecular weight excluding hydrogens is 290 g/mol. The highest BCUT2D eigenvalue weighted by Gasteiger charge is 2.58. The maximum atomic E-state index is 12.6. The molecule has 3 unspecified atom stereocenters. The summed E-state index contributed by atoms with van der Waals surface area (Å²) in [6.07, 6.45) is 0.732. The molecule has 3 atom stereocenters. The fourth-order valence-electron chi connectivity index (χ4n) is 3.27. The molecule has 0 spiro atoms. The van der Waals surface area contributed by atoms with Crippen LogP contribution in [-0.2, 0) is 19.6 Å². The maximum Gasteiger partial charge on any atom is 0.309 e. The first kappa shape index (κ1) is 14.5. The fourth-order valence-corrected chi connectivity index (χ4v) is 4.76. The van der Waals surface area contributed by atoms with Crippen LogP contribution in [0.2, 0.25) is 0 Å². The first-order valence-corrected chi connectivity index (χ1v) is 8.54. The summed E-state index contributed by atoms with van der Waals surface area (Å²) in [4.78, 5) is 11.9. The average molecular weight is 309 g/mol. The van der Waals surface area contributed by atoms with Crippen molar-refractivity contribution in [2.75, 3.05) is 20.2 Å². The quantitative estimate of drug-likeness (QED) is 0.792. The van der Waals surface area contributed by atoms with Gasteiger partial charge < -0.3 is 4.74 Å². The third kappa shape index (κ3) is 2.46. The summed E-state index contributed by atoms with van der Waals surface area (Å²) in [6, 6.07) is 6.88. The van der Waals surface area contributed by atoms with E-state index in [1.165, 1.54) is 11.4 Å². The Bertz CT molecular complexity index is 653. The summed E-state index contributed by atoms with van der Waals surface area (Å²) >= 11 is 0. The number of aryl methyl sites for hydroxylation is 1. The monoisotopic (exact) mass is 309 g/mol. The average Bonchev–Trinajstić information content (AvgIpc) is 3.20. The lowest BCUT2D eigenvalue weighted by Crippen LogP contribution is -2.36. The Labute approximate surface area is 124 Å². The second-order valence-corrected chi connectivity index (χ2v) is 7.78. The molecule has 3 rings (SSSR count). The predicted molar refractivity (Wildman–Crippen MR) is 77.0 cm³/mol. The van der Waals surface area contributed by atoms with Gasteiger partial charge in [0.2, 0.25) is 10.0 Å². The number of nitrogens with zero attached hydrogens (tertiary/aromatic N) is 1. The topological polar surface area (TPSA) is 63.7 Å². The van der Waals surface area contributed by atoms with E-state index in [1.807, 2.05) is 6.92 Å². The number of benzene rings is 1. The van der Waals surface area contributed by atoms with Gasteiger partial charge in [0.05, 0.1) is 17.9 Å². The third-order valence-corrected chi connectivity index (χ3v) is 6.47. The molecule has 1 saturated carbocycles. The first-order chi connectivity index (χ1) is 9.95. The summed E-state index contributed by atoms with van der Waals surface area (Å²) in [6.45, 7) is 2.82. The lowest BCUT2D eigenvalue weighted by atomic mass is 10.2. The third-order valence-electron chi connectivity index (χ3n) is 4.59. The minimum Gasteiger partial charge on any atom is -0.469 e. The van der Waals surface area contributed by atoms with Gasteiger partial charge in [-0.2, -0.15) is 4.31 Å². The van der Waals surface area contributed by atoms with Gasteiger partial charge in [0.15, 0.2) is 0 Å². The lowest BCUT2D eigenvalue weighted by Gasteiger charge is -2.25. The van der Waals surface area contributed by atoms with Gasteiger partial charge in [0.1, 0.15) is 0 Å². The van der Waals surface area contributed by atoms with Gasteiger partial charge in [0.25, 0.3) is 0 Å². The molecule has 0 bridgehead atoms. The number of rotatable bonds is 3. The molecule has 1 aromatic carbocycles. The number of hydrogen-bond donors (Lipinski definition) is 0.